The van der Waals surface area contributed by atoms with E-state index in [1.165, 1.54) is 30.0 Å². The number of para-hydroxylation sites is 1. The molecule has 1 rings (SSSR count). The van der Waals surface area contributed by atoms with Gasteiger partial charge >= 0.3 is 15.5 Å². The Morgan fingerprint density at radius 3 is 2.45 bits per heavy atom. The fourth-order valence-corrected chi connectivity index (χ4v) is 2.75. The number of methoxy groups -OCH3 is 1. The van der Waals surface area contributed by atoms with Gasteiger partial charge in [-0.15, -0.1) is 5.54 Å². The molecule has 0 radical (unpaired) electrons. The molecule has 0 aliphatic carbocycles. The number of benzene rings is 1. The van der Waals surface area contributed by atoms with Crippen molar-refractivity contribution in [2.24, 2.45) is 0 Å². The van der Waals surface area contributed by atoms with Crippen LogP contribution in [0.2, 0.25) is 5.54 Å². The Labute approximate surface area is 129 Å². The van der Waals surface area contributed by atoms with Gasteiger partial charge in [0.2, 0.25) is 0 Å². The topological polar surface area (TPSA) is 55.4 Å². The molecular weight excluding hydrogens is 335 g/mol. The van der Waals surface area contributed by atoms with Crippen molar-refractivity contribution >= 4 is 25.2 Å². The van der Waals surface area contributed by atoms with Crippen LogP contribution in [0, 0.1) is 11.5 Å². The van der Waals surface area contributed by atoms with Gasteiger partial charge in [0.25, 0.3) is 0 Å². The maximum atomic E-state index is 12.5. The molecule has 0 amide bonds. The Bertz CT molecular complexity index is 691. The zero-order chi connectivity index (χ0) is 17.0. The highest BCUT2D eigenvalue weighted by Gasteiger charge is 2.46. The van der Waals surface area contributed by atoms with Gasteiger partial charge in [-0.25, -0.2) is 0 Å². The van der Waals surface area contributed by atoms with Gasteiger partial charge in [-0.1, -0.05) is 25.8 Å². The molecule has 0 aromatic heterocycles. The summed E-state index contributed by atoms with van der Waals surface area (Å²) in [6.45, 7) is 4.00. The molecule has 0 saturated heterocycles. The van der Waals surface area contributed by atoms with Gasteiger partial charge in [-0.05, 0) is 17.7 Å². The molecule has 1 aromatic carbocycles. The van der Waals surface area contributed by atoms with Crippen LogP contribution in [0.15, 0.2) is 18.2 Å². The zero-order valence-electron chi connectivity index (χ0n) is 12.3. The Hall–Kier alpha value is -1.66. The maximum absolute atomic E-state index is 12.5. The second-order valence-electron chi connectivity index (χ2n) is 4.83. The highest BCUT2D eigenvalue weighted by atomic mass is 32.2. The summed E-state index contributed by atoms with van der Waals surface area (Å²) in [7, 11) is -5.00. The Balaban J connectivity index is 3.29. The standard InChI is InChI=1S/C13H16F3NO3SSi/c1-9(2)22-8-7-10-5-4-6-11(20-3)12(10)17-21(18,19)13(14,15)16/h4-6,9,17H,22H2,1-3H3. The van der Waals surface area contributed by atoms with E-state index in [0.717, 1.165) is 0 Å². The molecule has 0 heterocycles. The lowest BCUT2D eigenvalue weighted by Gasteiger charge is -2.14. The zero-order valence-corrected chi connectivity index (χ0v) is 14.5. The predicted molar refractivity (Wildman–Crippen MR) is 82.1 cm³/mol. The number of ether oxygens (including phenoxy) is 1. The molecule has 0 aliphatic heterocycles. The van der Waals surface area contributed by atoms with Gasteiger partial charge in [-0.3, -0.25) is 4.72 Å². The van der Waals surface area contributed by atoms with Gasteiger partial charge in [0.05, 0.1) is 12.7 Å². The van der Waals surface area contributed by atoms with Gasteiger partial charge in [0.15, 0.2) is 0 Å². The lowest BCUT2D eigenvalue weighted by atomic mass is 10.2. The van der Waals surface area contributed by atoms with Gasteiger partial charge in [0, 0.05) is 0 Å². The van der Waals surface area contributed by atoms with Crippen molar-refractivity contribution in [2.75, 3.05) is 11.8 Å². The van der Waals surface area contributed by atoms with Crippen LogP contribution in [0.4, 0.5) is 18.9 Å². The quantitative estimate of drug-likeness (QED) is 0.669. The Morgan fingerprint density at radius 1 is 1.32 bits per heavy atom. The van der Waals surface area contributed by atoms with E-state index < -0.39 is 25.1 Å². The predicted octanol–water partition coefficient (Wildman–Crippen LogP) is 2.26. The lowest BCUT2D eigenvalue weighted by molar-refractivity contribution is -0.0429. The largest absolute Gasteiger partial charge is 0.516 e. The highest BCUT2D eigenvalue weighted by molar-refractivity contribution is 7.93. The van der Waals surface area contributed by atoms with Crippen molar-refractivity contribution in [3.05, 3.63) is 23.8 Å². The molecule has 9 heteroatoms. The summed E-state index contributed by atoms with van der Waals surface area (Å²) in [5.41, 5.74) is -2.20. The molecule has 0 saturated carbocycles. The van der Waals surface area contributed by atoms with Crippen molar-refractivity contribution in [1.82, 2.24) is 0 Å². The van der Waals surface area contributed by atoms with Crippen molar-refractivity contribution in [1.29, 1.82) is 0 Å². The molecule has 0 aliphatic rings. The van der Waals surface area contributed by atoms with Crippen molar-refractivity contribution in [2.45, 2.75) is 24.9 Å². The van der Waals surface area contributed by atoms with E-state index in [0.29, 0.717) is 5.54 Å². The minimum absolute atomic E-state index is 0.0224. The van der Waals surface area contributed by atoms with Crippen LogP contribution >= 0.6 is 0 Å². The maximum Gasteiger partial charge on any atom is 0.516 e. The van der Waals surface area contributed by atoms with Crippen LogP contribution in [0.25, 0.3) is 0 Å². The van der Waals surface area contributed by atoms with Crippen LogP contribution in [0.3, 0.4) is 0 Å². The van der Waals surface area contributed by atoms with Crippen LogP contribution in [-0.2, 0) is 10.0 Å². The van der Waals surface area contributed by atoms with Crippen LogP contribution in [0.5, 0.6) is 5.75 Å². The minimum atomic E-state index is -5.53. The number of sulfonamides is 1. The number of rotatable bonds is 4. The third-order valence-electron chi connectivity index (χ3n) is 2.52. The molecule has 0 fully saturated rings. The van der Waals surface area contributed by atoms with E-state index in [2.05, 4.69) is 11.5 Å². The summed E-state index contributed by atoms with van der Waals surface area (Å²) < 4.78 is 66.6. The molecule has 1 N–H and O–H groups in total. The molecule has 4 nitrogen and oxygen atoms in total. The molecule has 0 spiro atoms. The number of hydrogen-bond donors (Lipinski definition) is 1. The number of nitrogens with one attached hydrogen (secondary N) is 1. The molecule has 0 bridgehead atoms. The van der Waals surface area contributed by atoms with Gasteiger partial charge in [0.1, 0.15) is 21.0 Å². The fourth-order valence-electron chi connectivity index (χ4n) is 1.45. The summed E-state index contributed by atoms with van der Waals surface area (Å²) in [5.74, 6) is 2.71. The van der Waals surface area contributed by atoms with Crippen molar-refractivity contribution in [3.8, 4) is 17.2 Å². The molecule has 0 unspecified atom stereocenters. The van der Waals surface area contributed by atoms with Crippen LogP contribution in [-0.4, -0.2) is 30.6 Å². The number of alkyl halides is 3. The van der Waals surface area contributed by atoms with Crippen LogP contribution in [0.1, 0.15) is 19.4 Å². The lowest BCUT2D eigenvalue weighted by Crippen LogP contribution is -2.30. The van der Waals surface area contributed by atoms with Crippen molar-refractivity contribution in [3.63, 3.8) is 0 Å². The third-order valence-corrected chi connectivity index (χ3v) is 4.80. The Morgan fingerprint density at radius 2 is 1.95 bits per heavy atom. The van der Waals surface area contributed by atoms with E-state index >= 15 is 0 Å². The summed E-state index contributed by atoms with van der Waals surface area (Å²) in [5, 5.41) is 0. The van der Waals surface area contributed by atoms with E-state index in [-0.39, 0.29) is 17.0 Å². The average molecular weight is 351 g/mol. The first kappa shape index (κ1) is 18.4. The highest BCUT2D eigenvalue weighted by Crippen LogP contribution is 2.32. The third kappa shape index (κ3) is 4.67. The summed E-state index contributed by atoms with van der Waals surface area (Å²) in [6.07, 6.45) is 0. The second kappa shape index (κ2) is 7.06. The second-order valence-corrected chi connectivity index (χ2v) is 8.90. The number of anilines is 1. The smallest absolute Gasteiger partial charge is 0.495 e. The molecule has 22 heavy (non-hydrogen) atoms. The Kier molecular flexibility index (Phi) is 5.90. The van der Waals surface area contributed by atoms with E-state index in [1.807, 2.05) is 13.8 Å². The molecule has 122 valence electrons. The van der Waals surface area contributed by atoms with E-state index in [9.17, 15) is 21.6 Å². The fraction of sp³-hybridized carbons (Fsp3) is 0.385. The molecular formula is C13H16F3NO3SSi. The summed E-state index contributed by atoms with van der Waals surface area (Å²) in [4.78, 5) is 0. The van der Waals surface area contributed by atoms with E-state index in [4.69, 9.17) is 4.74 Å². The first-order valence-corrected chi connectivity index (χ1v) is 9.34. The van der Waals surface area contributed by atoms with Gasteiger partial charge in [-0.2, -0.15) is 21.6 Å². The number of hydrogen-bond acceptors (Lipinski definition) is 3. The first-order chi connectivity index (χ1) is 10.1. The SMILES string of the molecule is COc1cccc(C#C[SiH2]C(C)C)c1NS(=O)(=O)C(F)(F)F. The normalized spacial score (nSPS) is 12.3. The monoisotopic (exact) mass is 351 g/mol. The summed E-state index contributed by atoms with van der Waals surface area (Å²) >= 11 is 0. The molecule has 1 aromatic rings. The minimum Gasteiger partial charge on any atom is -0.495 e. The first-order valence-electron chi connectivity index (χ1n) is 6.33. The summed E-state index contributed by atoms with van der Waals surface area (Å²) in [6, 6.07) is 4.34. The van der Waals surface area contributed by atoms with Gasteiger partial charge < -0.3 is 4.74 Å². The van der Waals surface area contributed by atoms with Crippen molar-refractivity contribution < 1.29 is 26.3 Å². The average Bonchev–Trinajstić information content (AvgIpc) is 2.38. The number of halogens is 3. The molecule has 0 atom stereocenters. The van der Waals surface area contributed by atoms with E-state index in [1.54, 1.807) is 0 Å². The van der Waals surface area contributed by atoms with Crippen LogP contribution < -0.4 is 9.46 Å².